The highest BCUT2D eigenvalue weighted by Crippen LogP contribution is 2.33. The van der Waals surface area contributed by atoms with Gasteiger partial charge in [-0.2, -0.15) is 4.31 Å². The summed E-state index contributed by atoms with van der Waals surface area (Å²) in [6.45, 7) is 3.88. The molecule has 176 valence electrons. The van der Waals surface area contributed by atoms with E-state index < -0.39 is 10.0 Å². The van der Waals surface area contributed by atoms with Crippen molar-refractivity contribution in [3.63, 3.8) is 0 Å². The summed E-state index contributed by atoms with van der Waals surface area (Å²) in [6, 6.07) is 11.8. The number of carbonyl (C=O) groups excluding carboxylic acids is 1. The average Bonchev–Trinajstić information content (AvgIpc) is 3.32. The summed E-state index contributed by atoms with van der Waals surface area (Å²) in [5, 5.41) is 5.20. The van der Waals surface area contributed by atoms with Gasteiger partial charge in [0.2, 0.25) is 10.0 Å². The van der Waals surface area contributed by atoms with Crippen LogP contribution in [0.2, 0.25) is 0 Å². The molecule has 1 aromatic heterocycles. The predicted octanol–water partition coefficient (Wildman–Crippen LogP) is 3.79. The SMILES string of the molecule is COc1ccc(-c2nc(C(=O)NCc3ccc(S(=O)(=O)N(C)C(C)C)cc3)cs2)cc1OC. The van der Waals surface area contributed by atoms with Gasteiger partial charge in [-0.25, -0.2) is 13.4 Å². The van der Waals surface area contributed by atoms with E-state index in [1.54, 1.807) is 57.0 Å². The minimum absolute atomic E-state index is 0.143. The summed E-state index contributed by atoms with van der Waals surface area (Å²) in [5.41, 5.74) is 1.91. The van der Waals surface area contributed by atoms with Crippen molar-refractivity contribution < 1.29 is 22.7 Å². The topological polar surface area (TPSA) is 97.8 Å². The molecule has 10 heteroatoms. The van der Waals surface area contributed by atoms with Gasteiger partial charge in [0.1, 0.15) is 10.7 Å². The van der Waals surface area contributed by atoms with E-state index >= 15 is 0 Å². The van der Waals surface area contributed by atoms with Gasteiger partial charge >= 0.3 is 0 Å². The van der Waals surface area contributed by atoms with Gasteiger partial charge in [-0.3, -0.25) is 4.79 Å². The highest BCUT2D eigenvalue weighted by atomic mass is 32.2. The number of rotatable bonds is 9. The molecule has 3 rings (SSSR count). The van der Waals surface area contributed by atoms with E-state index in [1.165, 1.54) is 15.6 Å². The largest absolute Gasteiger partial charge is 0.493 e. The fourth-order valence-electron chi connectivity index (χ4n) is 2.98. The van der Waals surface area contributed by atoms with Crippen LogP contribution in [0, 0.1) is 0 Å². The number of nitrogens with one attached hydrogen (secondary N) is 1. The molecule has 0 saturated heterocycles. The first-order chi connectivity index (χ1) is 15.7. The van der Waals surface area contributed by atoms with Crippen LogP contribution in [0.4, 0.5) is 0 Å². The number of sulfonamides is 1. The number of benzene rings is 2. The molecule has 0 saturated carbocycles. The highest BCUT2D eigenvalue weighted by Gasteiger charge is 2.22. The zero-order valence-electron chi connectivity index (χ0n) is 19.2. The van der Waals surface area contributed by atoms with Crippen LogP contribution in [0.15, 0.2) is 52.7 Å². The van der Waals surface area contributed by atoms with Gasteiger partial charge in [0.15, 0.2) is 11.5 Å². The maximum Gasteiger partial charge on any atom is 0.271 e. The lowest BCUT2D eigenvalue weighted by atomic mass is 10.2. The molecule has 8 nitrogen and oxygen atoms in total. The van der Waals surface area contributed by atoms with Gasteiger partial charge < -0.3 is 14.8 Å². The summed E-state index contributed by atoms with van der Waals surface area (Å²) >= 11 is 1.36. The number of nitrogens with zero attached hydrogens (tertiary/aromatic N) is 2. The lowest BCUT2D eigenvalue weighted by molar-refractivity contribution is 0.0946. The second kappa shape index (κ2) is 10.3. The minimum atomic E-state index is -3.54. The Hall–Kier alpha value is -2.95. The third-order valence-corrected chi connectivity index (χ3v) is 8.09. The monoisotopic (exact) mass is 489 g/mol. The molecule has 2 aromatic carbocycles. The van der Waals surface area contributed by atoms with Gasteiger partial charge in [-0.1, -0.05) is 12.1 Å². The summed E-state index contributed by atoms with van der Waals surface area (Å²) in [4.78, 5) is 17.2. The first kappa shape index (κ1) is 24.7. The molecule has 1 amide bonds. The summed E-state index contributed by atoms with van der Waals surface area (Å²) in [5.74, 6) is 0.890. The Balaban J connectivity index is 1.66. The lowest BCUT2D eigenvalue weighted by Crippen LogP contribution is -2.33. The number of amides is 1. The van der Waals surface area contributed by atoms with Crippen LogP contribution in [-0.4, -0.2) is 50.9 Å². The zero-order valence-corrected chi connectivity index (χ0v) is 20.8. The average molecular weight is 490 g/mol. The number of hydrogen-bond acceptors (Lipinski definition) is 7. The van der Waals surface area contributed by atoms with Crippen LogP contribution in [0.5, 0.6) is 11.5 Å². The van der Waals surface area contributed by atoms with Crippen molar-refractivity contribution in [2.45, 2.75) is 31.3 Å². The van der Waals surface area contributed by atoms with E-state index in [1.807, 2.05) is 26.0 Å². The molecule has 3 aromatic rings. The molecule has 0 aliphatic rings. The van der Waals surface area contributed by atoms with Crippen molar-refractivity contribution in [3.05, 3.63) is 59.1 Å². The minimum Gasteiger partial charge on any atom is -0.493 e. The van der Waals surface area contributed by atoms with Crippen molar-refractivity contribution in [1.82, 2.24) is 14.6 Å². The van der Waals surface area contributed by atoms with Crippen LogP contribution in [-0.2, 0) is 16.6 Å². The van der Waals surface area contributed by atoms with E-state index in [0.29, 0.717) is 22.2 Å². The predicted molar refractivity (Wildman–Crippen MR) is 128 cm³/mol. The smallest absolute Gasteiger partial charge is 0.271 e. The molecular weight excluding hydrogens is 462 g/mol. The molecule has 0 bridgehead atoms. The lowest BCUT2D eigenvalue weighted by Gasteiger charge is -2.21. The Bertz CT molecular complexity index is 1220. The van der Waals surface area contributed by atoms with Gasteiger partial charge in [0.05, 0.1) is 19.1 Å². The summed E-state index contributed by atoms with van der Waals surface area (Å²) in [6.07, 6.45) is 0. The van der Waals surface area contributed by atoms with E-state index in [0.717, 1.165) is 11.1 Å². The van der Waals surface area contributed by atoms with Crippen LogP contribution in [0.1, 0.15) is 29.9 Å². The van der Waals surface area contributed by atoms with Crippen molar-refractivity contribution in [2.24, 2.45) is 0 Å². The quantitative estimate of drug-likeness (QED) is 0.491. The number of ether oxygens (including phenoxy) is 2. The Morgan fingerprint density at radius 1 is 1.09 bits per heavy atom. The van der Waals surface area contributed by atoms with E-state index in [4.69, 9.17) is 9.47 Å². The van der Waals surface area contributed by atoms with Gasteiger partial charge in [0, 0.05) is 30.6 Å². The Kier molecular flexibility index (Phi) is 7.72. The maximum absolute atomic E-state index is 12.6. The number of aromatic nitrogens is 1. The molecule has 0 radical (unpaired) electrons. The van der Waals surface area contributed by atoms with Gasteiger partial charge in [-0.15, -0.1) is 11.3 Å². The molecule has 1 heterocycles. The molecule has 1 N–H and O–H groups in total. The van der Waals surface area contributed by atoms with Crippen molar-refractivity contribution in [3.8, 4) is 22.1 Å². The van der Waals surface area contributed by atoms with Gasteiger partial charge in [-0.05, 0) is 49.7 Å². The molecular formula is C23H27N3O5S2. The maximum atomic E-state index is 12.6. The van der Waals surface area contributed by atoms with E-state index in [9.17, 15) is 13.2 Å². The standard InChI is InChI=1S/C23H27N3O5S2/c1-15(2)26(3)33(28,29)18-9-6-16(7-10-18)13-24-22(27)19-14-32-23(25-19)17-8-11-20(30-4)21(12-17)31-5/h6-12,14-15H,13H2,1-5H3,(H,24,27). The second-order valence-electron chi connectivity index (χ2n) is 7.55. The second-order valence-corrected chi connectivity index (χ2v) is 10.4. The number of carbonyl (C=O) groups is 1. The first-order valence-electron chi connectivity index (χ1n) is 10.2. The summed E-state index contributed by atoms with van der Waals surface area (Å²) in [7, 11) is 1.14. The Morgan fingerprint density at radius 2 is 1.76 bits per heavy atom. The Morgan fingerprint density at radius 3 is 2.36 bits per heavy atom. The fourth-order valence-corrected chi connectivity index (χ4v) is 5.14. The number of methoxy groups -OCH3 is 2. The van der Waals surface area contributed by atoms with Gasteiger partial charge in [0.25, 0.3) is 5.91 Å². The van der Waals surface area contributed by atoms with Crippen molar-refractivity contribution >= 4 is 27.3 Å². The number of hydrogen-bond donors (Lipinski definition) is 1. The third-order valence-electron chi connectivity index (χ3n) is 5.15. The van der Waals surface area contributed by atoms with Crippen LogP contribution in [0.25, 0.3) is 10.6 Å². The molecule has 0 fully saturated rings. The molecule has 33 heavy (non-hydrogen) atoms. The molecule has 0 spiro atoms. The van der Waals surface area contributed by atoms with Crippen LogP contribution in [0.3, 0.4) is 0 Å². The molecule has 0 unspecified atom stereocenters. The fraction of sp³-hybridized carbons (Fsp3) is 0.304. The van der Waals surface area contributed by atoms with Crippen LogP contribution < -0.4 is 14.8 Å². The highest BCUT2D eigenvalue weighted by molar-refractivity contribution is 7.89. The summed E-state index contributed by atoms with van der Waals surface area (Å²) < 4.78 is 37.0. The molecule has 0 aliphatic carbocycles. The third kappa shape index (κ3) is 5.52. The molecule has 0 atom stereocenters. The molecule has 0 aliphatic heterocycles. The van der Waals surface area contributed by atoms with Crippen molar-refractivity contribution in [1.29, 1.82) is 0 Å². The Labute approximate surface area is 198 Å². The normalized spacial score (nSPS) is 11.6. The number of thiazole rings is 1. The van der Waals surface area contributed by atoms with Crippen molar-refractivity contribution in [2.75, 3.05) is 21.3 Å². The van der Waals surface area contributed by atoms with Crippen LogP contribution >= 0.6 is 11.3 Å². The zero-order chi connectivity index (χ0) is 24.2. The van der Waals surface area contributed by atoms with E-state index in [2.05, 4.69) is 10.3 Å². The first-order valence-corrected chi connectivity index (χ1v) is 12.5. The van der Waals surface area contributed by atoms with E-state index in [-0.39, 0.29) is 23.4 Å².